The van der Waals surface area contributed by atoms with Crippen LogP contribution in [0.25, 0.3) is 11.6 Å². The number of nitrogens with zero attached hydrogens (tertiary/aromatic N) is 1. The topological polar surface area (TPSA) is 29.5 Å². The molecule has 3 nitrogen and oxygen atoms in total. The minimum atomic E-state index is 0.0137. The highest BCUT2D eigenvalue weighted by Gasteiger charge is 2.29. The van der Waals surface area contributed by atoms with E-state index in [-0.39, 0.29) is 5.91 Å². The highest BCUT2D eigenvalue weighted by atomic mass is 16.5. The third kappa shape index (κ3) is 2.21. The van der Waals surface area contributed by atoms with Crippen LogP contribution in [0.3, 0.4) is 0 Å². The lowest BCUT2D eigenvalue weighted by Crippen LogP contribution is -2.20. The van der Waals surface area contributed by atoms with Gasteiger partial charge in [-0.3, -0.25) is 4.79 Å². The Kier molecular flexibility index (Phi) is 3.26. The van der Waals surface area contributed by atoms with Gasteiger partial charge in [-0.15, -0.1) is 0 Å². The summed E-state index contributed by atoms with van der Waals surface area (Å²) in [6, 6.07) is 13.8. The lowest BCUT2D eigenvalue weighted by Gasteiger charge is -2.08. The van der Waals surface area contributed by atoms with Crippen LogP contribution in [0.2, 0.25) is 0 Å². The molecule has 1 aliphatic heterocycles. The maximum absolute atomic E-state index is 12.5. The molecule has 0 saturated carbocycles. The molecular formula is C18H17NO2. The summed E-state index contributed by atoms with van der Waals surface area (Å²) in [5, 5.41) is 0. The Morgan fingerprint density at radius 3 is 2.67 bits per heavy atom. The summed E-state index contributed by atoms with van der Waals surface area (Å²) in [6.45, 7) is 2.03. The second-order valence-electron chi connectivity index (χ2n) is 5.18. The van der Waals surface area contributed by atoms with Gasteiger partial charge in [-0.05, 0) is 31.2 Å². The number of rotatable bonds is 2. The van der Waals surface area contributed by atoms with Gasteiger partial charge in [-0.2, -0.15) is 0 Å². The molecule has 1 heterocycles. The fourth-order valence-corrected chi connectivity index (χ4v) is 2.66. The molecule has 3 rings (SSSR count). The zero-order valence-electron chi connectivity index (χ0n) is 12.4. The predicted molar refractivity (Wildman–Crippen MR) is 85.5 cm³/mol. The van der Waals surface area contributed by atoms with Crippen molar-refractivity contribution < 1.29 is 9.53 Å². The van der Waals surface area contributed by atoms with Gasteiger partial charge in [0.05, 0.1) is 12.8 Å². The van der Waals surface area contributed by atoms with Crippen LogP contribution in [-0.4, -0.2) is 20.1 Å². The number of amides is 1. The Bertz CT molecular complexity index is 747. The molecule has 2 aromatic rings. The first-order valence-electron chi connectivity index (χ1n) is 6.85. The van der Waals surface area contributed by atoms with Crippen molar-refractivity contribution in [1.82, 2.24) is 0 Å². The number of likely N-dealkylation sites (N-methyl/N-ethyl adjacent to an activating group) is 1. The van der Waals surface area contributed by atoms with E-state index in [9.17, 15) is 4.79 Å². The quantitative estimate of drug-likeness (QED) is 0.787. The normalized spacial score (nSPS) is 15.5. The first-order chi connectivity index (χ1) is 10.1. The van der Waals surface area contributed by atoms with Crippen LogP contribution in [0.4, 0.5) is 5.69 Å². The van der Waals surface area contributed by atoms with Crippen LogP contribution >= 0.6 is 0 Å². The van der Waals surface area contributed by atoms with Crippen molar-refractivity contribution in [1.29, 1.82) is 0 Å². The van der Waals surface area contributed by atoms with Gasteiger partial charge in [-0.25, -0.2) is 0 Å². The molecule has 0 aliphatic carbocycles. The van der Waals surface area contributed by atoms with Gasteiger partial charge in [-0.1, -0.05) is 29.8 Å². The number of ether oxygens (including phenoxy) is 1. The Morgan fingerprint density at radius 1 is 1.14 bits per heavy atom. The molecule has 0 N–H and O–H groups in total. The summed E-state index contributed by atoms with van der Waals surface area (Å²) in [5.74, 6) is 0.785. The van der Waals surface area contributed by atoms with Crippen molar-refractivity contribution in [2.24, 2.45) is 0 Å². The summed E-state index contributed by atoms with van der Waals surface area (Å²) >= 11 is 0. The van der Waals surface area contributed by atoms with Crippen LogP contribution < -0.4 is 9.64 Å². The zero-order chi connectivity index (χ0) is 15.0. The molecule has 21 heavy (non-hydrogen) atoms. The maximum atomic E-state index is 12.5. The zero-order valence-corrected chi connectivity index (χ0v) is 12.4. The lowest BCUT2D eigenvalue weighted by atomic mass is 10.0. The van der Waals surface area contributed by atoms with Gasteiger partial charge < -0.3 is 9.64 Å². The van der Waals surface area contributed by atoms with Gasteiger partial charge in [0, 0.05) is 23.7 Å². The van der Waals surface area contributed by atoms with Crippen molar-refractivity contribution in [2.75, 3.05) is 19.1 Å². The lowest BCUT2D eigenvalue weighted by molar-refractivity contribution is -0.112. The Labute approximate surface area is 124 Å². The van der Waals surface area contributed by atoms with E-state index >= 15 is 0 Å². The number of methoxy groups -OCH3 is 1. The van der Waals surface area contributed by atoms with Crippen LogP contribution in [0.15, 0.2) is 42.5 Å². The second-order valence-corrected chi connectivity index (χ2v) is 5.18. The van der Waals surface area contributed by atoms with E-state index in [1.54, 1.807) is 19.1 Å². The van der Waals surface area contributed by atoms with Crippen molar-refractivity contribution in [2.45, 2.75) is 6.92 Å². The van der Waals surface area contributed by atoms with Gasteiger partial charge in [0.15, 0.2) is 0 Å². The van der Waals surface area contributed by atoms with Gasteiger partial charge in [0.1, 0.15) is 5.75 Å². The third-order valence-corrected chi connectivity index (χ3v) is 3.78. The van der Waals surface area contributed by atoms with Crippen molar-refractivity contribution >= 4 is 23.2 Å². The van der Waals surface area contributed by atoms with Gasteiger partial charge >= 0.3 is 0 Å². The number of anilines is 1. The molecule has 1 amide bonds. The minimum absolute atomic E-state index is 0.0137. The summed E-state index contributed by atoms with van der Waals surface area (Å²) < 4.78 is 5.39. The van der Waals surface area contributed by atoms with E-state index in [1.807, 2.05) is 55.5 Å². The summed E-state index contributed by atoms with van der Waals surface area (Å²) in [7, 11) is 3.44. The molecule has 0 atom stereocenters. The van der Waals surface area contributed by atoms with Crippen LogP contribution in [0.1, 0.15) is 16.7 Å². The van der Waals surface area contributed by atoms with Crippen molar-refractivity contribution in [3.63, 3.8) is 0 Å². The molecule has 3 heteroatoms. The van der Waals surface area contributed by atoms with E-state index in [1.165, 1.54) is 0 Å². The van der Waals surface area contributed by atoms with Crippen molar-refractivity contribution in [3.05, 3.63) is 59.2 Å². The number of aryl methyl sites for hydroxylation is 1. The van der Waals surface area contributed by atoms with Gasteiger partial charge in [0.2, 0.25) is 0 Å². The molecule has 0 spiro atoms. The van der Waals surface area contributed by atoms with Crippen LogP contribution in [-0.2, 0) is 4.79 Å². The number of benzene rings is 2. The number of carbonyl (C=O) groups is 1. The molecule has 106 valence electrons. The molecule has 0 saturated heterocycles. The Balaban J connectivity index is 2.17. The van der Waals surface area contributed by atoms with E-state index < -0.39 is 0 Å². The summed E-state index contributed by atoms with van der Waals surface area (Å²) in [5.41, 5.74) is 4.67. The average molecular weight is 279 g/mol. The standard InChI is InChI=1S/C18H17NO2/c1-12-8-9-17(21-3)13(10-12)11-15-14-6-4-5-7-16(14)19(2)18(15)20/h4-11H,1-3H3/b15-11+. The van der Waals surface area contributed by atoms with Gasteiger partial charge in [0.25, 0.3) is 5.91 Å². The largest absolute Gasteiger partial charge is 0.496 e. The fourth-order valence-electron chi connectivity index (χ4n) is 2.66. The highest BCUT2D eigenvalue weighted by Crippen LogP contribution is 2.37. The Morgan fingerprint density at radius 2 is 1.90 bits per heavy atom. The van der Waals surface area contributed by atoms with Crippen LogP contribution in [0.5, 0.6) is 5.75 Å². The summed E-state index contributed by atoms with van der Waals surface area (Å²) in [6.07, 6.45) is 1.91. The second kappa shape index (κ2) is 5.09. The predicted octanol–water partition coefficient (Wildman–Crippen LogP) is 3.52. The van der Waals surface area contributed by atoms with E-state index in [2.05, 4.69) is 0 Å². The minimum Gasteiger partial charge on any atom is -0.496 e. The van der Waals surface area contributed by atoms with E-state index in [0.717, 1.165) is 28.1 Å². The third-order valence-electron chi connectivity index (χ3n) is 3.78. The average Bonchev–Trinajstić information content (AvgIpc) is 2.73. The number of hydrogen-bond acceptors (Lipinski definition) is 2. The SMILES string of the molecule is COc1ccc(C)cc1/C=C1/C(=O)N(C)c2ccccc21. The smallest absolute Gasteiger partial charge is 0.258 e. The molecule has 0 bridgehead atoms. The van der Waals surface area contributed by atoms with Crippen molar-refractivity contribution in [3.8, 4) is 5.75 Å². The highest BCUT2D eigenvalue weighted by molar-refractivity contribution is 6.35. The first kappa shape index (κ1) is 13.4. The molecular weight excluding hydrogens is 262 g/mol. The Hall–Kier alpha value is -2.55. The molecule has 2 aromatic carbocycles. The monoisotopic (exact) mass is 279 g/mol. The summed E-state index contributed by atoms with van der Waals surface area (Å²) in [4.78, 5) is 14.2. The number of hydrogen-bond donors (Lipinski definition) is 0. The molecule has 0 radical (unpaired) electrons. The molecule has 0 fully saturated rings. The molecule has 0 aromatic heterocycles. The number of para-hydroxylation sites is 1. The van der Waals surface area contributed by atoms with E-state index in [0.29, 0.717) is 5.57 Å². The first-order valence-corrected chi connectivity index (χ1v) is 6.85. The fraction of sp³-hybridized carbons (Fsp3) is 0.167. The van der Waals surface area contributed by atoms with E-state index in [4.69, 9.17) is 4.74 Å². The van der Waals surface area contributed by atoms with Crippen LogP contribution in [0, 0.1) is 6.92 Å². The number of carbonyl (C=O) groups excluding carboxylic acids is 1. The maximum Gasteiger partial charge on any atom is 0.258 e. The molecule has 1 aliphatic rings. The number of fused-ring (bicyclic) bond motifs is 1. The molecule has 0 unspecified atom stereocenters.